The van der Waals surface area contributed by atoms with E-state index in [0.717, 1.165) is 12.1 Å². The maximum Gasteiger partial charge on any atom is 0.335 e. The Morgan fingerprint density at radius 3 is 2.72 bits per heavy atom. The van der Waals surface area contributed by atoms with Gasteiger partial charge in [0.15, 0.2) is 17.5 Å². The maximum absolute atomic E-state index is 13.2. The molecule has 1 aromatic carbocycles. The van der Waals surface area contributed by atoms with Crippen molar-refractivity contribution in [3.8, 4) is 0 Å². The first-order chi connectivity index (χ1) is 12.0. The standard InChI is InChI=1S/C17H15F2N3O3/c1-3-16(25-10-11-4-5-13(18)14(19)8-11)22(20-2)15-9-12(17(23)24)6-7-21-15/h3-9H,2,10H2,1H3,(H,23,24)/b16-3+. The van der Waals surface area contributed by atoms with Gasteiger partial charge in [0, 0.05) is 12.9 Å². The molecule has 2 aromatic rings. The minimum absolute atomic E-state index is 0.0229. The number of hydrazone groups is 1. The molecule has 1 N–H and O–H groups in total. The van der Waals surface area contributed by atoms with Crippen LogP contribution in [0.2, 0.25) is 0 Å². The van der Waals surface area contributed by atoms with Crippen LogP contribution in [0, 0.1) is 11.6 Å². The zero-order valence-corrected chi connectivity index (χ0v) is 13.3. The zero-order chi connectivity index (χ0) is 18.4. The molecule has 0 atom stereocenters. The van der Waals surface area contributed by atoms with Crippen molar-refractivity contribution in [2.75, 3.05) is 5.01 Å². The Morgan fingerprint density at radius 1 is 1.36 bits per heavy atom. The molecular formula is C17H15F2N3O3. The van der Waals surface area contributed by atoms with Gasteiger partial charge in [-0.3, -0.25) is 0 Å². The Hall–Kier alpha value is -3.29. The molecule has 0 spiro atoms. The van der Waals surface area contributed by atoms with Crippen molar-refractivity contribution in [2.24, 2.45) is 5.10 Å². The number of aromatic nitrogens is 1. The minimum atomic E-state index is -1.11. The first-order valence-corrected chi connectivity index (χ1v) is 7.15. The first kappa shape index (κ1) is 18.1. The number of ether oxygens (including phenoxy) is 1. The number of carbonyl (C=O) groups is 1. The smallest absolute Gasteiger partial charge is 0.335 e. The molecule has 0 saturated heterocycles. The highest BCUT2D eigenvalue weighted by Crippen LogP contribution is 2.20. The van der Waals surface area contributed by atoms with Crippen molar-refractivity contribution < 1.29 is 23.4 Å². The molecule has 0 aliphatic heterocycles. The van der Waals surface area contributed by atoms with Crippen LogP contribution < -0.4 is 5.01 Å². The molecule has 6 nitrogen and oxygen atoms in total. The van der Waals surface area contributed by atoms with E-state index in [-0.39, 0.29) is 23.9 Å². The predicted molar refractivity (Wildman–Crippen MR) is 88.1 cm³/mol. The first-order valence-electron chi connectivity index (χ1n) is 7.15. The fraction of sp³-hybridized carbons (Fsp3) is 0.118. The van der Waals surface area contributed by atoms with Crippen molar-refractivity contribution in [1.82, 2.24) is 4.98 Å². The average Bonchev–Trinajstić information content (AvgIpc) is 2.61. The quantitative estimate of drug-likeness (QED) is 0.471. The van der Waals surface area contributed by atoms with E-state index >= 15 is 0 Å². The predicted octanol–water partition coefficient (Wildman–Crippen LogP) is 3.56. The van der Waals surface area contributed by atoms with E-state index in [1.54, 1.807) is 13.0 Å². The molecule has 0 fully saturated rings. The van der Waals surface area contributed by atoms with Gasteiger partial charge in [-0.15, -0.1) is 0 Å². The van der Waals surface area contributed by atoms with E-state index in [4.69, 9.17) is 9.84 Å². The van der Waals surface area contributed by atoms with Gasteiger partial charge in [-0.05, 0) is 42.8 Å². The van der Waals surface area contributed by atoms with Gasteiger partial charge in [0.2, 0.25) is 5.88 Å². The number of halogens is 2. The summed E-state index contributed by atoms with van der Waals surface area (Å²) in [5, 5.41) is 14.0. The Balaban J connectivity index is 2.19. The summed E-state index contributed by atoms with van der Waals surface area (Å²) in [7, 11) is 0. The number of pyridine rings is 1. The van der Waals surface area contributed by atoms with Crippen LogP contribution in [0.3, 0.4) is 0 Å². The lowest BCUT2D eigenvalue weighted by Crippen LogP contribution is -2.19. The van der Waals surface area contributed by atoms with E-state index in [2.05, 4.69) is 16.8 Å². The highest BCUT2D eigenvalue weighted by atomic mass is 19.2. The van der Waals surface area contributed by atoms with E-state index in [1.807, 2.05) is 0 Å². The lowest BCUT2D eigenvalue weighted by atomic mass is 10.2. The number of nitrogens with zero attached hydrogens (tertiary/aromatic N) is 3. The van der Waals surface area contributed by atoms with E-state index < -0.39 is 17.6 Å². The second-order valence-electron chi connectivity index (χ2n) is 4.83. The van der Waals surface area contributed by atoms with Gasteiger partial charge in [0.25, 0.3) is 0 Å². The van der Waals surface area contributed by atoms with Gasteiger partial charge in [-0.1, -0.05) is 6.07 Å². The average molecular weight is 347 g/mol. The van der Waals surface area contributed by atoms with Crippen molar-refractivity contribution in [2.45, 2.75) is 13.5 Å². The number of allylic oxidation sites excluding steroid dienone is 1. The third-order valence-corrected chi connectivity index (χ3v) is 3.18. The third-order valence-electron chi connectivity index (χ3n) is 3.18. The summed E-state index contributed by atoms with van der Waals surface area (Å²) in [5.41, 5.74) is 0.434. The molecule has 0 amide bonds. The summed E-state index contributed by atoms with van der Waals surface area (Å²) in [4.78, 5) is 15.1. The van der Waals surface area contributed by atoms with Crippen molar-refractivity contribution >= 4 is 18.5 Å². The van der Waals surface area contributed by atoms with Crippen LogP contribution in [-0.2, 0) is 11.3 Å². The summed E-state index contributed by atoms with van der Waals surface area (Å²) < 4.78 is 31.8. The molecular weight excluding hydrogens is 332 g/mol. The Kier molecular flexibility index (Phi) is 5.78. The zero-order valence-electron chi connectivity index (χ0n) is 13.3. The normalized spacial score (nSPS) is 11.1. The monoisotopic (exact) mass is 347 g/mol. The second kappa shape index (κ2) is 8.00. The molecule has 0 radical (unpaired) electrons. The number of anilines is 1. The second-order valence-corrected chi connectivity index (χ2v) is 4.83. The van der Waals surface area contributed by atoms with Gasteiger partial charge in [0.1, 0.15) is 6.61 Å². The Morgan fingerprint density at radius 2 is 2.12 bits per heavy atom. The number of benzene rings is 1. The summed E-state index contributed by atoms with van der Waals surface area (Å²) in [6, 6.07) is 6.06. The van der Waals surface area contributed by atoms with Gasteiger partial charge >= 0.3 is 5.97 Å². The molecule has 0 saturated carbocycles. The fourth-order valence-electron chi connectivity index (χ4n) is 1.98. The highest BCUT2D eigenvalue weighted by molar-refractivity contribution is 5.88. The molecule has 0 aliphatic rings. The van der Waals surface area contributed by atoms with Crippen LogP contribution in [0.25, 0.3) is 0 Å². The number of carboxylic acids is 1. The summed E-state index contributed by atoms with van der Waals surface area (Å²) in [6.07, 6.45) is 2.88. The molecule has 8 heteroatoms. The lowest BCUT2D eigenvalue weighted by molar-refractivity contribution is 0.0696. The minimum Gasteiger partial charge on any atom is -0.478 e. The van der Waals surface area contributed by atoms with Crippen molar-refractivity contribution in [1.29, 1.82) is 0 Å². The van der Waals surface area contributed by atoms with Crippen LogP contribution in [-0.4, -0.2) is 22.8 Å². The van der Waals surface area contributed by atoms with Gasteiger partial charge in [-0.2, -0.15) is 10.1 Å². The number of hydrogen-bond donors (Lipinski definition) is 1. The number of carboxylic acid groups (broad SMARTS) is 1. The molecule has 130 valence electrons. The molecule has 0 unspecified atom stereocenters. The number of aromatic carboxylic acids is 1. The number of rotatable bonds is 7. The summed E-state index contributed by atoms with van der Waals surface area (Å²) in [5.74, 6) is -2.64. The maximum atomic E-state index is 13.2. The molecule has 0 bridgehead atoms. The van der Waals surface area contributed by atoms with E-state index in [1.165, 1.54) is 29.4 Å². The van der Waals surface area contributed by atoms with E-state index in [9.17, 15) is 13.6 Å². The topological polar surface area (TPSA) is 75.0 Å². The number of hydrogen-bond acceptors (Lipinski definition) is 5. The molecule has 1 aromatic heterocycles. The molecule has 25 heavy (non-hydrogen) atoms. The summed E-state index contributed by atoms with van der Waals surface area (Å²) >= 11 is 0. The van der Waals surface area contributed by atoms with Crippen LogP contribution in [0.15, 0.2) is 53.6 Å². The third kappa shape index (κ3) is 4.37. The van der Waals surface area contributed by atoms with Crippen LogP contribution in [0.5, 0.6) is 0 Å². The van der Waals surface area contributed by atoms with Crippen LogP contribution >= 0.6 is 0 Å². The van der Waals surface area contributed by atoms with Crippen molar-refractivity contribution in [3.63, 3.8) is 0 Å². The van der Waals surface area contributed by atoms with E-state index in [0.29, 0.717) is 5.56 Å². The van der Waals surface area contributed by atoms with Crippen LogP contribution in [0.1, 0.15) is 22.8 Å². The highest BCUT2D eigenvalue weighted by Gasteiger charge is 2.15. The van der Waals surface area contributed by atoms with Crippen LogP contribution in [0.4, 0.5) is 14.6 Å². The molecule has 0 aliphatic carbocycles. The summed E-state index contributed by atoms with van der Waals surface area (Å²) in [6.45, 7) is 5.03. The van der Waals surface area contributed by atoms with Gasteiger partial charge in [-0.25, -0.2) is 18.6 Å². The molecule has 2 rings (SSSR count). The van der Waals surface area contributed by atoms with Gasteiger partial charge < -0.3 is 9.84 Å². The SMILES string of the molecule is C=NN(/C(=C\C)OCc1ccc(F)c(F)c1)c1cc(C(=O)O)ccn1. The largest absolute Gasteiger partial charge is 0.478 e. The lowest BCUT2D eigenvalue weighted by Gasteiger charge is -2.21. The van der Waals surface area contributed by atoms with Crippen molar-refractivity contribution in [3.05, 3.63) is 71.2 Å². The van der Waals surface area contributed by atoms with Gasteiger partial charge in [0.05, 0.1) is 5.56 Å². The molecule has 1 heterocycles. The fourth-order valence-corrected chi connectivity index (χ4v) is 1.98. The Bertz CT molecular complexity index is 825. The Labute approximate surface area is 142 Å².